The monoisotopic (exact) mass is 245 g/mol. The van der Waals surface area contributed by atoms with Crippen LogP contribution in [0.5, 0.6) is 0 Å². The van der Waals surface area contributed by atoms with Crippen molar-refractivity contribution in [3.8, 4) is 0 Å². The van der Waals surface area contributed by atoms with Crippen LogP contribution in [0.1, 0.15) is 29.5 Å². The maximum absolute atomic E-state index is 12.2. The number of rotatable bonds is 3. The van der Waals surface area contributed by atoms with Gasteiger partial charge in [0.1, 0.15) is 5.54 Å². The normalized spacial score (nSPS) is 26.3. The number of ketones is 1. The Morgan fingerprint density at radius 3 is 2.94 bits per heavy atom. The molecule has 1 atom stereocenters. The highest BCUT2D eigenvalue weighted by atomic mass is 16.5. The fourth-order valence-electron chi connectivity index (χ4n) is 2.90. The van der Waals surface area contributed by atoms with Crippen molar-refractivity contribution in [2.24, 2.45) is 5.73 Å². The van der Waals surface area contributed by atoms with E-state index in [-0.39, 0.29) is 5.78 Å². The molecule has 1 aliphatic heterocycles. The van der Waals surface area contributed by atoms with Crippen molar-refractivity contribution in [3.63, 3.8) is 0 Å². The maximum Gasteiger partial charge on any atom is 0.159 e. The molecule has 1 unspecified atom stereocenters. The number of hydrogen-bond donors (Lipinski definition) is 1. The van der Waals surface area contributed by atoms with Gasteiger partial charge in [-0.25, -0.2) is 0 Å². The van der Waals surface area contributed by atoms with Gasteiger partial charge in [0.25, 0.3) is 0 Å². The number of aryl methyl sites for hydroxylation is 2. The Morgan fingerprint density at radius 2 is 2.17 bits per heavy atom. The molecule has 1 fully saturated rings. The van der Waals surface area contributed by atoms with Crippen LogP contribution in [0, 0.1) is 0 Å². The van der Waals surface area contributed by atoms with E-state index in [4.69, 9.17) is 10.5 Å². The smallest absolute Gasteiger partial charge is 0.159 e. The van der Waals surface area contributed by atoms with E-state index in [1.54, 1.807) is 0 Å². The highest BCUT2D eigenvalue weighted by Gasteiger charge is 2.37. The molecule has 0 aromatic heterocycles. The Bertz CT molecular complexity index is 475. The summed E-state index contributed by atoms with van der Waals surface area (Å²) in [5.74, 6) is 0.109. The van der Waals surface area contributed by atoms with Crippen LogP contribution in [-0.2, 0) is 28.8 Å². The van der Waals surface area contributed by atoms with Gasteiger partial charge in [-0.3, -0.25) is 4.79 Å². The minimum absolute atomic E-state index is 0.109. The van der Waals surface area contributed by atoms with Crippen molar-refractivity contribution in [2.75, 3.05) is 13.2 Å². The summed E-state index contributed by atoms with van der Waals surface area (Å²) < 4.78 is 5.25. The van der Waals surface area contributed by atoms with Crippen LogP contribution in [-0.4, -0.2) is 24.5 Å². The molecule has 1 saturated heterocycles. The molecule has 0 amide bonds. The zero-order valence-corrected chi connectivity index (χ0v) is 10.6. The standard InChI is InChI=1S/C15H19NO2/c16-15(6-7-18-10-15)14(17)9-11-4-5-12-2-1-3-13(12)8-11/h4-5,8H,1-3,6-7,9-10,16H2. The third-order valence-corrected chi connectivity index (χ3v) is 4.14. The lowest BCUT2D eigenvalue weighted by Crippen LogP contribution is -2.49. The highest BCUT2D eigenvalue weighted by molar-refractivity contribution is 5.90. The first kappa shape index (κ1) is 11.9. The van der Waals surface area contributed by atoms with Crippen LogP contribution in [0.4, 0.5) is 0 Å². The molecule has 1 aliphatic carbocycles. The van der Waals surface area contributed by atoms with Gasteiger partial charge in [0, 0.05) is 13.0 Å². The van der Waals surface area contributed by atoms with Gasteiger partial charge in [-0.2, -0.15) is 0 Å². The molecule has 1 aromatic carbocycles. The minimum Gasteiger partial charge on any atom is -0.379 e. The SMILES string of the molecule is NC1(C(=O)Cc2ccc3c(c2)CCC3)CCOC1. The molecule has 18 heavy (non-hydrogen) atoms. The molecule has 1 heterocycles. The molecule has 96 valence electrons. The zero-order chi connectivity index (χ0) is 12.6. The van der Waals surface area contributed by atoms with Crippen LogP contribution in [0.2, 0.25) is 0 Å². The van der Waals surface area contributed by atoms with Crippen LogP contribution in [0.25, 0.3) is 0 Å². The fraction of sp³-hybridized carbons (Fsp3) is 0.533. The van der Waals surface area contributed by atoms with Crippen molar-refractivity contribution in [2.45, 2.75) is 37.6 Å². The molecule has 0 radical (unpaired) electrons. The topological polar surface area (TPSA) is 52.3 Å². The zero-order valence-electron chi connectivity index (χ0n) is 10.6. The summed E-state index contributed by atoms with van der Waals surface area (Å²) in [6.45, 7) is 0.975. The second kappa shape index (κ2) is 4.48. The average molecular weight is 245 g/mol. The Balaban J connectivity index is 1.74. The van der Waals surface area contributed by atoms with Gasteiger partial charge in [-0.15, -0.1) is 0 Å². The Labute approximate surface area is 107 Å². The molecular formula is C15H19NO2. The van der Waals surface area contributed by atoms with Crippen LogP contribution >= 0.6 is 0 Å². The number of nitrogens with two attached hydrogens (primary N) is 1. The summed E-state index contributed by atoms with van der Waals surface area (Å²) in [6.07, 6.45) is 4.65. The Morgan fingerprint density at radius 1 is 1.33 bits per heavy atom. The molecule has 3 rings (SSSR count). The third-order valence-electron chi connectivity index (χ3n) is 4.14. The second-order valence-electron chi connectivity index (χ2n) is 5.52. The van der Waals surface area contributed by atoms with E-state index < -0.39 is 5.54 Å². The summed E-state index contributed by atoms with van der Waals surface area (Å²) in [6, 6.07) is 6.42. The largest absolute Gasteiger partial charge is 0.379 e. The number of benzene rings is 1. The molecule has 1 aromatic rings. The molecular weight excluding hydrogens is 226 g/mol. The number of carbonyl (C=O) groups excluding carboxylic acids is 1. The number of carbonyl (C=O) groups is 1. The lowest BCUT2D eigenvalue weighted by atomic mass is 9.89. The summed E-state index contributed by atoms with van der Waals surface area (Å²) in [5, 5.41) is 0. The highest BCUT2D eigenvalue weighted by Crippen LogP contribution is 2.24. The maximum atomic E-state index is 12.2. The van der Waals surface area contributed by atoms with Crippen molar-refractivity contribution >= 4 is 5.78 Å². The van der Waals surface area contributed by atoms with Crippen molar-refractivity contribution in [1.29, 1.82) is 0 Å². The summed E-state index contributed by atoms with van der Waals surface area (Å²) >= 11 is 0. The molecule has 2 N–H and O–H groups in total. The molecule has 3 nitrogen and oxygen atoms in total. The molecule has 2 aliphatic rings. The Kier molecular flexibility index (Phi) is 2.96. The van der Waals surface area contributed by atoms with E-state index in [2.05, 4.69) is 18.2 Å². The number of hydrogen-bond acceptors (Lipinski definition) is 3. The van der Waals surface area contributed by atoms with E-state index in [1.807, 2.05) is 0 Å². The van der Waals surface area contributed by atoms with E-state index in [1.165, 1.54) is 24.0 Å². The van der Waals surface area contributed by atoms with E-state index in [0.717, 1.165) is 12.0 Å². The number of ether oxygens (including phenoxy) is 1. The molecule has 0 spiro atoms. The van der Waals surface area contributed by atoms with Gasteiger partial charge in [-0.05, 0) is 42.4 Å². The van der Waals surface area contributed by atoms with Gasteiger partial charge >= 0.3 is 0 Å². The van der Waals surface area contributed by atoms with Gasteiger partial charge < -0.3 is 10.5 Å². The van der Waals surface area contributed by atoms with E-state index in [9.17, 15) is 4.79 Å². The van der Waals surface area contributed by atoms with Crippen LogP contribution in [0.3, 0.4) is 0 Å². The van der Waals surface area contributed by atoms with Crippen LogP contribution < -0.4 is 5.73 Å². The first-order valence-electron chi connectivity index (χ1n) is 6.68. The Hall–Kier alpha value is -1.19. The number of Topliss-reactive ketones (excluding diaryl/α,β-unsaturated/α-hetero) is 1. The predicted molar refractivity (Wildman–Crippen MR) is 69.5 cm³/mol. The van der Waals surface area contributed by atoms with E-state index >= 15 is 0 Å². The number of fused-ring (bicyclic) bond motifs is 1. The fourth-order valence-corrected chi connectivity index (χ4v) is 2.90. The minimum atomic E-state index is -0.751. The van der Waals surface area contributed by atoms with Gasteiger partial charge in [0.05, 0.1) is 6.61 Å². The van der Waals surface area contributed by atoms with Gasteiger partial charge in [-0.1, -0.05) is 18.2 Å². The van der Waals surface area contributed by atoms with Gasteiger partial charge in [0.15, 0.2) is 5.78 Å². The molecule has 0 bridgehead atoms. The first-order chi connectivity index (χ1) is 8.67. The van der Waals surface area contributed by atoms with Crippen molar-refractivity contribution in [1.82, 2.24) is 0 Å². The lowest BCUT2D eigenvalue weighted by molar-refractivity contribution is -0.123. The molecule has 3 heteroatoms. The quantitative estimate of drug-likeness (QED) is 0.876. The summed E-state index contributed by atoms with van der Waals surface area (Å²) in [4.78, 5) is 12.2. The summed E-state index contributed by atoms with van der Waals surface area (Å²) in [7, 11) is 0. The summed E-state index contributed by atoms with van der Waals surface area (Å²) in [5.41, 5.74) is 9.29. The molecule has 0 saturated carbocycles. The predicted octanol–water partition coefficient (Wildman–Crippen LogP) is 1.40. The first-order valence-corrected chi connectivity index (χ1v) is 6.68. The van der Waals surface area contributed by atoms with Crippen LogP contribution in [0.15, 0.2) is 18.2 Å². The van der Waals surface area contributed by atoms with E-state index in [0.29, 0.717) is 26.1 Å². The third kappa shape index (κ3) is 2.08. The second-order valence-corrected chi connectivity index (χ2v) is 5.52. The van der Waals surface area contributed by atoms with Crippen molar-refractivity contribution in [3.05, 3.63) is 34.9 Å². The van der Waals surface area contributed by atoms with Crippen molar-refractivity contribution < 1.29 is 9.53 Å². The lowest BCUT2D eigenvalue weighted by Gasteiger charge is -2.20. The average Bonchev–Trinajstić information content (AvgIpc) is 2.98. The van der Waals surface area contributed by atoms with Gasteiger partial charge in [0.2, 0.25) is 0 Å².